The number of aromatic hydroxyl groups is 1. The lowest BCUT2D eigenvalue weighted by Crippen LogP contribution is -2.55. The molecule has 2 rings (SSSR count). The molecule has 1 aliphatic heterocycles. The number of likely N-dealkylation sites (N-methyl/N-ethyl adjacent to an activating group) is 1. The Kier molecular flexibility index (Phi) is 5.05. The second kappa shape index (κ2) is 6.10. The Balaban J connectivity index is 0.00000144. The smallest absolute Gasteiger partial charge is 0.160 e. The first-order valence-corrected chi connectivity index (χ1v) is 5.47. The maximum Gasteiger partial charge on any atom is 0.160 e. The monoisotopic (exact) mass is 258 g/mol. The van der Waals surface area contributed by atoms with Crippen LogP contribution in [0.1, 0.15) is 5.56 Å². The van der Waals surface area contributed by atoms with Gasteiger partial charge < -0.3 is 15.2 Å². The number of nitrogens with zero attached hydrogens (tertiary/aromatic N) is 1. The average Bonchev–Trinajstić information content (AvgIpc) is 2.15. The molecule has 1 aromatic carbocycles. The van der Waals surface area contributed by atoms with Gasteiger partial charge >= 0.3 is 0 Å². The van der Waals surface area contributed by atoms with Gasteiger partial charge in [0.05, 0.1) is 7.11 Å². The van der Waals surface area contributed by atoms with Crippen LogP contribution >= 0.6 is 12.4 Å². The van der Waals surface area contributed by atoms with Gasteiger partial charge in [-0.1, -0.05) is 6.07 Å². The predicted molar refractivity (Wildman–Crippen MR) is 70.0 cm³/mol. The molecule has 17 heavy (non-hydrogen) atoms. The molecular weight excluding hydrogens is 240 g/mol. The molecule has 0 unspecified atom stereocenters. The van der Waals surface area contributed by atoms with E-state index in [1.807, 2.05) is 6.07 Å². The van der Waals surface area contributed by atoms with Crippen LogP contribution in [0.2, 0.25) is 0 Å². The van der Waals surface area contributed by atoms with Gasteiger partial charge in [-0.15, -0.1) is 12.4 Å². The first-order chi connectivity index (χ1) is 7.70. The number of halogens is 1. The lowest BCUT2D eigenvalue weighted by Gasteiger charge is -2.35. The lowest BCUT2D eigenvalue weighted by molar-refractivity contribution is 0.173. The van der Waals surface area contributed by atoms with E-state index < -0.39 is 0 Å². The Morgan fingerprint density at radius 1 is 1.47 bits per heavy atom. The number of methoxy groups -OCH3 is 1. The molecule has 0 amide bonds. The number of hydrogen-bond acceptors (Lipinski definition) is 4. The van der Waals surface area contributed by atoms with E-state index in [0.29, 0.717) is 11.8 Å². The number of phenolic OH excluding ortho intramolecular Hbond substituents is 1. The molecule has 0 atom stereocenters. The van der Waals surface area contributed by atoms with Crippen molar-refractivity contribution < 1.29 is 9.84 Å². The Morgan fingerprint density at radius 2 is 2.18 bits per heavy atom. The van der Waals surface area contributed by atoms with Crippen LogP contribution in [0.5, 0.6) is 11.5 Å². The molecule has 0 radical (unpaired) electrons. The van der Waals surface area contributed by atoms with Crippen LogP contribution in [-0.2, 0) is 6.54 Å². The highest BCUT2D eigenvalue weighted by Gasteiger charge is 2.21. The van der Waals surface area contributed by atoms with Crippen molar-refractivity contribution in [3.63, 3.8) is 0 Å². The first-order valence-electron chi connectivity index (χ1n) is 5.47. The summed E-state index contributed by atoms with van der Waals surface area (Å²) in [6.07, 6.45) is 0. The summed E-state index contributed by atoms with van der Waals surface area (Å²) in [6.45, 7) is 2.96. The van der Waals surface area contributed by atoms with Gasteiger partial charge in [0.15, 0.2) is 11.5 Å². The normalized spacial score (nSPS) is 15.2. The third kappa shape index (κ3) is 3.25. The molecule has 0 aromatic heterocycles. The van der Waals surface area contributed by atoms with Crippen LogP contribution in [0.25, 0.3) is 0 Å². The minimum Gasteiger partial charge on any atom is -0.504 e. The topological polar surface area (TPSA) is 44.7 Å². The first kappa shape index (κ1) is 14.1. The van der Waals surface area contributed by atoms with E-state index in [-0.39, 0.29) is 18.2 Å². The maximum absolute atomic E-state index is 9.66. The standard InChI is InChI=1S/C12H18N2O2.ClH/c1-14(10-6-13-7-10)8-9-3-4-12(16-2)11(15)5-9;/h3-5,10,13,15H,6-8H2,1-2H3;1H. The summed E-state index contributed by atoms with van der Waals surface area (Å²) in [5.74, 6) is 0.733. The molecule has 0 aliphatic carbocycles. The zero-order valence-electron chi connectivity index (χ0n) is 10.1. The molecule has 4 nitrogen and oxygen atoms in total. The van der Waals surface area contributed by atoms with Crippen LogP contribution in [0.4, 0.5) is 0 Å². The van der Waals surface area contributed by atoms with Gasteiger partial charge in [0.1, 0.15) is 0 Å². The van der Waals surface area contributed by atoms with Gasteiger partial charge in [-0.2, -0.15) is 0 Å². The zero-order valence-corrected chi connectivity index (χ0v) is 11.0. The SMILES string of the molecule is COc1ccc(CN(C)C2CNC2)cc1O.Cl. The highest BCUT2D eigenvalue weighted by atomic mass is 35.5. The summed E-state index contributed by atoms with van der Waals surface area (Å²) in [4.78, 5) is 2.29. The Hall–Kier alpha value is -0.970. The number of benzene rings is 1. The molecule has 2 N–H and O–H groups in total. The minimum absolute atomic E-state index is 0. The van der Waals surface area contributed by atoms with Gasteiger partial charge in [0.2, 0.25) is 0 Å². The fourth-order valence-electron chi connectivity index (χ4n) is 1.84. The van der Waals surface area contributed by atoms with Crippen LogP contribution in [0.3, 0.4) is 0 Å². The summed E-state index contributed by atoms with van der Waals surface area (Å²) in [6, 6.07) is 6.17. The molecule has 0 spiro atoms. The van der Waals surface area contributed by atoms with Crippen molar-refractivity contribution in [3.05, 3.63) is 23.8 Å². The van der Waals surface area contributed by atoms with Crippen molar-refractivity contribution in [1.29, 1.82) is 0 Å². The number of ether oxygens (including phenoxy) is 1. The number of rotatable bonds is 4. The van der Waals surface area contributed by atoms with Gasteiger partial charge in [-0.05, 0) is 24.7 Å². The molecule has 1 fully saturated rings. The van der Waals surface area contributed by atoms with Gasteiger partial charge in [0.25, 0.3) is 0 Å². The molecule has 1 heterocycles. The average molecular weight is 259 g/mol. The largest absolute Gasteiger partial charge is 0.504 e. The van der Waals surface area contributed by atoms with E-state index in [4.69, 9.17) is 4.74 Å². The van der Waals surface area contributed by atoms with Crippen molar-refractivity contribution in [3.8, 4) is 11.5 Å². The summed E-state index contributed by atoms with van der Waals surface area (Å²) >= 11 is 0. The molecule has 1 saturated heterocycles. The fraction of sp³-hybridized carbons (Fsp3) is 0.500. The molecule has 1 aliphatic rings. The van der Waals surface area contributed by atoms with Crippen LogP contribution in [0.15, 0.2) is 18.2 Å². The lowest BCUT2D eigenvalue weighted by atomic mass is 10.1. The highest BCUT2D eigenvalue weighted by molar-refractivity contribution is 5.85. The van der Waals surface area contributed by atoms with E-state index in [0.717, 1.165) is 25.2 Å². The van der Waals surface area contributed by atoms with Gasteiger partial charge in [-0.3, -0.25) is 4.90 Å². The molecule has 0 saturated carbocycles. The summed E-state index contributed by atoms with van der Waals surface area (Å²) in [5.41, 5.74) is 1.10. The van der Waals surface area contributed by atoms with Crippen molar-refractivity contribution in [2.75, 3.05) is 27.2 Å². The van der Waals surface area contributed by atoms with Gasteiger partial charge in [0, 0.05) is 25.7 Å². The Labute approximate surface area is 108 Å². The van der Waals surface area contributed by atoms with E-state index in [1.165, 1.54) is 0 Å². The van der Waals surface area contributed by atoms with Crippen molar-refractivity contribution in [2.24, 2.45) is 0 Å². The van der Waals surface area contributed by atoms with Gasteiger partial charge in [-0.25, -0.2) is 0 Å². The molecule has 0 bridgehead atoms. The third-order valence-electron chi connectivity index (χ3n) is 3.06. The number of phenols is 1. The van der Waals surface area contributed by atoms with E-state index in [1.54, 1.807) is 19.2 Å². The third-order valence-corrected chi connectivity index (χ3v) is 3.06. The Bertz CT molecular complexity index is 370. The molecule has 5 heteroatoms. The van der Waals surface area contributed by atoms with Crippen molar-refractivity contribution in [2.45, 2.75) is 12.6 Å². The maximum atomic E-state index is 9.66. The van der Waals surface area contributed by atoms with E-state index in [9.17, 15) is 5.11 Å². The summed E-state index contributed by atoms with van der Waals surface area (Å²) in [7, 11) is 3.66. The number of hydrogen-bond donors (Lipinski definition) is 2. The van der Waals surface area contributed by atoms with Crippen LogP contribution in [0, 0.1) is 0 Å². The van der Waals surface area contributed by atoms with Crippen LogP contribution < -0.4 is 10.1 Å². The van der Waals surface area contributed by atoms with Crippen molar-refractivity contribution >= 4 is 12.4 Å². The Morgan fingerprint density at radius 3 is 2.65 bits per heavy atom. The fourth-order valence-corrected chi connectivity index (χ4v) is 1.84. The second-order valence-electron chi connectivity index (χ2n) is 4.23. The molecule has 1 aromatic rings. The highest BCUT2D eigenvalue weighted by Crippen LogP contribution is 2.26. The minimum atomic E-state index is 0. The number of nitrogens with one attached hydrogen (secondary N) is 1. The van der Waals surface area contributed by atoms with E-state index >= 15 is 0 Å². The summed E-state index contributed by atoms with van der Waals surface area (Å²) < 4.78 is 5.01. The zero-order chi connectivity index (χ0) is 11.5. The predicted octanol–water partition coefficient (Wildman–Crippen LogP) is 1.23. The van der Waals surface area contributed by atoms with Crippen molar-refractivity contribution in [1.82, 2.24) is 10.2 Å². The quantitative estimate of drug-likeness (QED) is 0.853. The molecule has 96 valence electrons. The van der Waals surface area contributed by atoms with E-state index in [2.05, 4.69) is 17.3 Å². The summed E-state index contributed by atoms with van der Waals surface area (Å²) in [5, 5.41) is 12.9. The van der Waals surface area contributed by atoms with Crippen LogP contribution in [-0.4, -0.2) is 43.3 Å². The second-order valence-corrected chi connectivity index (χ2v) is 4.23. The molecular formula is C12H19ClN2O2.